The van der Waals surface area contributed by atoms with E-state index < -0.39 is 0 Å². The summed E-state index contributed by atoms with van der Waals surface area (Å²) in [5.74, 6) is 1.48. The minimum absolute atomic E-state index is 0.255. The maximum absolute atomic E-state index is 12.2. The van der Waals surface area contributed by atoms with Crippen molar-refractivity contribution in [2.75, 3.05) is 19.5 Å². The number of carbonyl (C=O) groups is 1. The monoisotopic (exact) mass is 406 g/mol. The van der Waals surface area contributed by atoms with Gasteiger partial charge in [0, 0.05) is 17.0 Å². The normalized spacial score (nSPS) is 11.1. The molecule has 146 valence electrons. The molecule has 0 bridgehead atoms. The topological polar surface area (TPSA) is 77.8 Å². The lowest BCUT2D eigenvalue weighted by Gasteiger charge is -2.02. The lowest BCUT2D eigenvalue weighted by molar-refractivity contribution is -0.111. The van der Waals surface area contributed by atoms with Gasteiger partial charge >= 0.3 is 0 Å². The van der Waals surface area contributed by atoms with E-state index >= 15 is 0 Å². The average molecular weight is 406 g/mol. The fourth-order valence-electron chi connectivity index (χ4n) is 2.75. The largest absolute Gasteiger partial charge is 0.497 e. The van der Waals surface area contributed by atoms with Gasteiger partial charge in [0.05, 0.1) is 19.9 Å². The molecular formula is C21H18N4O3S. The van der Waals surface area contributed by atoms with Crippen LogP contribution in [0.25, 0.3) is 22.3 Å². The smallest absolute Gasteiger partial charge is 0.250 e. The van der Waals surface area contributed by atoms with Gasteiger partial charge in [0.25, 0.3) is 11.9 Å². The number of thiazole rings is 1. The van der Waals surface area contributed by atoms with Crippen LogP contribution in [0.4, 0.5) is 5.95 Å². The van der Waals surface area contributed by atoms with Crippen LogP contribution in [0.15, 0.2) is 60.0 Å². The minimum atomic E-state index is -0.304. The molecule has 0 aliphatic carbocycles. The highest BCUT2D eigenvalue weighted by Crippen LogP contribution is 2.28. The first-order valence-electron chi connectivity index (χ1n) is 8.78. The van der Waals surface area contributed by atoms with Crippen LogP contribution >= 0.6 is 11.3 Å². The summed E-state index contributed by atoms with van der Waals surface area (Å²) in [5.41, 5.74) is 2.73. The number of ether oxygens (including phenoxy) is 2. The summed E-state index contributed by atoms with van der Waals surface area (Å²) in [6.07, 6.45) is 3.16. The van der Waals surface area contributed by atoms with Gasteiger partial charge in [-0.1, -0.05) is 24.3 Å². The van der Waals surface area contributed by atoms with Crippen molar-refractivity contribution in [3.05, 3.63) is 65.6 Å². The predicted octanol–water partition coefficient (Wildman–Crippen LogP) is 4.13. The first kappa shape index (κ1) is 18.7. The lowest BCUT2D eigenvalue weighted by atomic mass is 10.2. The number of hydrogen-bond acceptors (Lipinski definition) is 6. The standard InChI is InChI=1S/C21H18N4O3S/c1-27-16-9-6-14(7-10-16)8-11-19(26)22-20-23-21-25(24-20)18(13-29-21)15-4-3-5-17(12-15)28-2/h3-13H,1-2H3,(H,22,24,26)/b11-8+. The molecular weight excluding hydrogens is 388 g/mol. The summed E-state index contributed by atoms with van der Waals surface area (Å²) < 4.78 is 12.1. The number of amides is 1. The van der Waals surface area contributed by atoms with Crippen LogP contribution in [0.1, 0.15) is 5.56 Å². The Balaban J connectivity index is 1.50. The molecule has 2 aromatic heterocycles. The zero-order valence-corrected chi connectivity index (χ0v) is 16.6. The van der Waals surface area contributed by atoms with Crippen LogP contribution in [-0.2, 0) is 4.79 Å². The van der Waals surface area contributed by atoms with Crippen molar-refractivity contribution in [3.8, 4) is 22.8 Å². The zero-order valence-electron chi connectivity index (χ0n) is 15.8. The first-order valence-corrected chi connectivity index (χ1v) is 9.66. The molecule has 0 unspecified atom stereocenters. The number of benzene rings is 2. The number of fused-ring (bicyclic) bond motifs is 1. The maximum Gasteiger partial charge on any atom is 0.250 e. The Hall–Kier alpha value is -3.65. The van der Waals surface area contributed by atoms with E-state index in [1.807, 2.05) is 53.9 Å². The molecule has 0 saturated heterocycles. The fourth-order valence-corrected chi connectivity index (χ4v) is 3.59. The van der Waals surface area contributed by atoms with Gasteiger partial charge in [-0.05, 0) is 35.9 Å². The summed E-state index contributed by atoms with van der Waals surface area (Å²) in [4.78, 5) is 17.3. The third-order valence-electron chi connectivity index (χ3n) is 4.23. The van der Waals surface area contributed by atoms with Crippen molar-refractivity contribution in [2.24, 2.45) is 0 Å². The molecule has 29 heavy (non-hydrogen) atoms. The second-order valence-corrected chi connectivity index (χ2v) is 6.91. The van der Waals surface area contributed by atoms with Gasteiger partial charge in [-0.15, -0.1) is 16.4 Å². The molecule has 0 spiro atoms. The van der Waals surface area contributed by atoms with Gasteiger partial charge in [-0.3, -0.25) is 10.1 Å². The summed E-state index contributed by atoms with van der Waals surface area (Å²) in [6.45, 7) is 0. The van der Waals surface area contributed by atoms with E-state index in [4.69, 9.17) is 9.47 Å². The predicted molar refractivity (Wildman–Crippen MR) is 114 cm³/mol. The molecule has 1 amide bonds. The van der Waals surface area contributed by atoms with Crippen molar-refractivity contribution in [1.82, 2.24) is 14.6 Å². The Bertz CT molecular complexity index is 1180. The Labute approximate surface area is 171 Å². The van der Waals surface area contributed by atoms with E-state index in [1.165, 1.54) is 17.4 Å². The molecule has 2 heterocycles. The first-order chi connectivity index (χ1) is 14.2. The van der Waals surface area contributed by atoms with Crippen LogP contribution in [0, 0.1) is 0 Å². The molecule has 1 N–H and O–H groups in total. The van der Waals surface area contributed by atoms with Crippen LogP contribution in [0.3, 0.4) is 0 Å². The average Bonchev–Trinajstić information content (AvgIpc) is 3.32. The van der Waals surface area contributed by atoms with Gasteiger partial charge < -0.3 is 9.47 Å². The third-order valence-corrected chi connectivity index (χ3v) is 5.04. The van der Waals surface area contributed by atoms with E-state index in [0.717, 1.165) is 28.3 Å². The van der Waals surface area contributed by atoms with Crippen LogP contribution in [0.5, 0.6) is 11.5 Å². The third kappa shape index (κ3) is 4.12. The number of hydrogen-bond donors (Lipinski definition) is 1. The fraction of sp³-hybridized carbons (Fsp3) is 0.0952. The Morgan fingerprint density at radius 2 is 1.90 bits per heavy atom. The molecule has 0 aliphatic rings. The van der Waals surface area contributed by atoms with Gasteiger partial charge in [0.1, 0.15) is 11.5 Å². The number of aromatic nitrogens is 3. The molecule has 0 fully saturated rings. The SMILES string of the molecule is COc1ccc(/C=C/C(=O)Nc2nc3scc(-c4cccc(OC)c4)n3n2)cc1. The summed E-state index contributed by atoms with van der Waals surface area (Å²) in [6, 6.07) is 15.1. The Kier molecular flexibility index (Phi) is 5.26. The van der Waals surface area contributed by atoms with E-state index in [0.29, 0.717) is 4.96 Å². The molecule has 0 saturated carbocycles. The Morgan fingerprint density at radius 3 is 2.66 bits per heavy atom. The number of nitrogens with zero attached hydrogens (tertiary/aromatic N) is 3. The molecule has 8 heteroatoms. The van der Waals surface area contributed by atoms with Crippen molar-refractivity contribution in [1.29, 1.82) is 0 Å². The van der Waals surface area contributed by atoms with Gasteiger partial charge in [-0.25, -0.2) is 4.52 Å². The van der Waals surface area contributed by atoms with Crippen LogP contribution in [0.2, 0.25) is 0 Å². The number of methoxy groups -OCH3 is 2. The van der Waals surface area contributed by atoms with Gasteiger partial charge in [0.2, 0.25) is 4.96 Å². The molecule has 2 aromatic carbocycles. The quantitative estimate of drug-likeness (QED) is 0.487. The van der Waals surface area contributed by atoms with E-state index in [2.05, 4.69) is 15.4 Å². The highest BCUT2D eigenvalue weighted by Gasteiger charge is 2.13. The van der Waals surface area contributed by atoms with Crippen molar-refractivity contribution < 1.29 is 14.3 Å². The van der Waals surface area contributed by atoms with Crippen molar-refractivity contribution >= 4 is 34.2 Å². The maximum atomic E-state index is 12.2. The summed E-state index contributed by atoms with van der Waals surface area (Å²) >= 11 is 1.45. The zero-order chi connectivity index (χ0) is 20.2. The number of rotatable bonds is 6. The molecule has 7 nitrogen and oxygen atoms in total. The minimum Gasteiger partial charge on any atom is -0.497 e. The number of carbonyl (C=O) groups excluding carboxylic acids is 1. The highest BCUT2D eigenvalue weighted by atomic mass is 32.1. The van der Waals surface area contributed by atoms with Crippen molar-refractivity contribution in [3.63, 3.8) is 0 Å². The van der Waals surface area contributed by atoms with Gasteiger partial charge in [0.15, 0.2) is 0 Å². The molecule has 0 atom stereocenters. The molecule has 0 radical (unpaired) electrons. The van der Waals surface area contributed by atoms with Crippen molar-refractivity contribution in [2.45, 2.75) is 0 Å². The second-order valence-electron chi connectivity index (χ2n) is 6.08. The van der Waals surface area contributed by atoms with Crippen LogP contribution < -0.4 is 14.8 Å². The number of nitrogens with one attached hydrogen (secondary N) is 1. The Morgan fingerprint density at radius 1 is 1.10 bits per heavy atom. The van der Waals surface area contributed by atoms with E-state index in [-0.39, 0.29) is 11.9 Å². The summed E-state index contributed by atoms with van der Waals surface area (Å²) in [7, 11) is 3.24. The lowest BCUT2D eigenvalue weighted by Crippen LogP contribution is -2.09. The van der Waals surface area contributed by atoms with E-state index in [9.17, 15) is 4.79 Å². The second kappa shape index (κ2) is 8.15. The summed E-state index contributed by atoms with van der Waals surface area (Å²) in [5, 5.41) is 9.09. The highest BCUT2D eigenvalue weighted by molar-refractivity contribution is 7.15. The van der Waals surface area contributed by atoms with Gasteiger partial charge in [-0.2, -0.15) is 4.98 Å². The molecule has 4 aromatic rings. The van der Waals surface area contributed by atoms with Crippen LogP contribution in [-0.4, -0.2) is 34.7 Å². The number of anilines is 1. The molecule has 4 rings (SSSR count). The van der Waals surface area contributed by atoms with E-state index in [1.54, 1.807) is 24.8 Å². The molecule has 0 aliphatic heterocycles.